The molecule has 2 aromatic rings. The minimum Gasteiger partial charge on any atom is -0.493 e. The standard InChI is InChI=1S/C16H17BrN2O2S/c1-10-8-11(4-6-13(10)17)18-16(22)19-12-5-7-14(20-2)15(9-12)21-3/h4-9H,1-3H3,(H2,18,19,22). The van der Waals surface area contributed by atoms with Crippen LogP contribution in [-0.4, -0.2) is 19.3 Å². The van der Waals surface area contributed by atoms with Gasteiger partial charge in [-0.1, -0.05) is 15.9 Å². The molecule has 0 aromatic heterocycles. The van der Waals surface area contributed by atoms with Gasteiger partial charge in [-0.2, -0.15) is 0 Å². The minimum absolute atomic E-state index is 0.508. The fourth-order valence-electron chi connectivity index (χ4n) is 1.93. The van der Waals surface area contributed by atoms with Crippen molar-refractivity contribution in [3.63, 3.8) is 0 Å². The molecule has 0 amide bonds. The molecule has 0 atom stereocenters. The van der Waals surface area contributed by atoms with Crippen molar-refractivity contribution in [1.29, 1.82) is 0 Å². The maximum absolute atomic E-state index is 5.33. The molecule has 4 nitrogen and oxygen atoms in total. The molecule has 116 valence electrons. The normalized spacial score (nSPS) is 10.0. The zero-order chi connectivity index (χ0) is 16.1. The van der Waals surface area contributed by atoms with Crippen LogP contribution in [0, 0.1) is 6.92 Å². The van der Waals surface area contributed by atoms with Gasteiger partial charge in [0.1, 0.15) is 0 Å². The number of rotatable bonds is 4. The second kappa shape index (κ2) is 7.47. The number of nitrogens with one attached hydrogen (secondary N) is 2. The van der Waals surface area contributed by atoms with E-state index in [0.29, 0.717) is 16.6 Å². The van der Waals surface area contributed by atoms with E-state index in [1.165, 1.54) is 0 Å². The van der Waals surface area contributed by atoms with Crippen molar-refractivity contribution >= 4 is 44.6 Å². The van der Waals surface area contributed by atoms with E-state index >= 15 is 0 Å². The molecule has 0 saturated heterocycles. The fourth-order valence-corrected chi connectivity index (χ4v) is 2.41. The quantitative estimate of drug-likeness (QED) is 0.759. The molecule has 0 unspecified atom stereocenters. The molecule has 0 radical (unpaired) electrons. The summed E-state index contributed by atoms with van der Waals surface area (Å²) in [7, 11) is 3.20. The monoisotopic (exact) mass is 380 g/mol. The van der Waals surface area contributed by atoms with Gasteiger partial charge in [0.2, 0.25) is 0 Å². The zero-order valence-corrected chi connectivity index (χ0v) is 15.0. The van der Waals surface area contributed by atoms with Crippen molar-refractivity contribution in [1.82, 2.24) is 0 Å². The highest BCUT2D eigenvalue weighted by Gasteiger charge is 2.06. The van der Waals surface area contributed by atoms with E-state index in [9.17, 15) is 0 Å². The van der Waals surface area contributed by atoms with Crippen molar-refractivity contribution in [3.05, 3.63) is 46.4 Å². The Morgan fingerprint density at radius 1 is 0.955 bits per heavy atom. The highest BCUT2D eigenvalue weighted by atomic mass is 79.9. The number of methoxy groups -OCH3 is 2. The van der Waals surface area contributed by atoms with E-state index < -0.39 is 0 Å². The van der Waals surface area contributed by atoms with Crippen LogP contribution in [0.1, 0.15) is 5.56 Å². The van der Waals surface area contributed by atoms with Gasteiger partial charge in [-0.05, 0) is 55.0 Å². The first-order valence-corrected chi connectivity index (χ1v) is 7.80. The lowest BCUT2D eigenvalue weighted by Crippen LogP contribution is -2.19. The van der Waals surface area contributed by atoms with E-state index in [2.05, 4.69) is 26.6 Å². The molecule has 6 heteroatoms. The largest absolute Gasteiger partial charge is 0.493 e. The van der Waals surface area contributed by atoms with Gasteiger partial charge in [0.25, 0.3) is 0 Å². The van der Waals surface area contributed by atoms with Crippen LogP contribution in [0.15, 0.2) is 40.9 Å². The number of benzene rings is 2. The van der Waals surface area contributed by atoms with Gasteiger partial charge in [-0.15, -0.1) is 0 Å². The number of ether oxygens (including phenoxy) is 2. The maximum Gasteiger partial charge on any atom is 0.175 e. The van der Waals surface area contributed by atoms with Crippen LogP contribution in [0.25, 0.3) is 0 Å². The van der Waals surface area contributed by atoms with Gasteiger partial charge < -0.3 is 20.1 Å². The zero-order valence-electron chi connectivity index (χ0n) is 12.6. The number of aryl methyl sites for hydroxylation is 1. The summed E-state index contributed by atoms with van der Waals surface area (Å²) in [4.78, 5) is 0. The van der Waals surface area contributed by atoms with Crippen LogP contribution in [0.3, 0.4) is 0 Å². The Balaban J connectivity index is 2.07. The van der Waals surface area contributed by atoms with E-state index in [0.717, 1.165) is 21.4 Å². The lowest BCUT2D eigenvalue weighted by Gasteiger charge is -2.13. The first-order chi connectivity index (χ1) is 10.5. The van der Waals surface area contributed by atoms with E-state index in [4.69, 9.17) is 21.7 Å². The number of hydrogen-bond donors (Lipinski definition) is 2. The first kappa shape index (κ1) is 16.6. The van der Waals surface area contributed by atoms with Crippen molar-refractivity contribution in [2.45, 2.75) is 6.92 Å². The van der Waals surface area contributed by atoms with Crippen LogP contribution < -0.4 is 20.1 Å². The molecule has 2 rings (SSSR count). The average Bonchev–Trinajstić information content (AvgIpc) is 2.50. The third-order valence-corrected chi connectivity index (χ3v) is 4.15. The third kappa shape index (κ3) is 4.11. The summed E-state index contributed by atoms with van der Waals surface area (Å²) in [6.45, 7) is 2.03. The van der Waals surface area contributed by atoms with Crippen molar-refractivity contribution in [2.24, 2.45) is 0 Å². The Kier molecular flexibility index (Phi) is 5.63. The summed E-state index contributed by atoms with van der Waals surface area (Å²) in [5, 5.41) is 6.78. The molecule has 0 spiro atoms. The van der Waals surface area contributed by atoms with Crippen LogP contribution >= 0.6 is 28.1 Å². The van der Waals surface area contributed by atoms with Gasteiger partial charge in [0, 0.05) is 21.9 Å². The Hall–Kier alpha value is -1.79. The molecule has 0 aliphatic carbocycles. The predicted octanol–water partition coefficient (Wildman–Crippen LogP) is 4.58. The predicted molar refractivity (Wildman–Crippen MR) is 98.3 cm³/mol. The number of hydrogen-bond acceptors (Lipinski definition) is 3. The van der Waals surface area contributed by atoms with Crippen LogP contribution in [0.4, 0.5) is 11.4 Å². The second-order valence-electron chi connectivity index (χ2n) is 4.61. The molecule has 0 heterocycles. The highest BCUT2D eigenvalue weighted by Crippen LogP contribution is 2.29. The van der Waals surface area contributed by atoms with Gasteiger partial charge in [0.15, 0.2) is 16.6 Å². The third-order valence-electron chi connectivity index (χ3n) is 3.06. The van der Waals surface area contributed by atoms with Crippen LogP contribution in [0.5, 0.6) is 11.5 Å². The van der Waals surface area contributed by atoms with Gasteiger partial charge in [-0.25, -0.2) is 0 Å². The second-order valence-corrected chi connectivity index (χ2v) is 5.88. The molecule has 2 N–H and O–H groups in total. The lowest BCUT2D eigenvalue weighted by atomic mass is 10.2. The van der Waals surface area contributed by atoms with Crippen molar-refractivity contribution in [3.8, 4) is 11.5 Å². The molecule has 0 saturated carbocycles. The SMILES string of the molecule is COc1ccc(NC(=S)Nc2ccc(Br)c(C)c2)cc1OC. The summed E-state index contributed by atoms with van der Waals surface area (Å²) < 4.78 is 11.5. The fraction of sp³-hybridized carbons (Fsp3) is 0.188. The lowest BCUT2D eigenvalue weighted by molar-refractivity contribution is 0.355. The number of anilines is 2. The Morgan fingerprint density at radius 3 is 2.14 bits per heavy atom. The summed E-state index contributed by atoms with van der Waals surface area (Å²) in [5.74, 6) is 1.32. The Morgan fingerprint density at radius 2 is 1.55 bits per heavy atom. The van der Waals surface area contributed by atoms with E-state index in [1.807, 2.05) is 43.3 Å². The van der Waals surface area contributed by atoms with Crippen molar-refractivity contribution < 1.29 is 9.47 Å². The molecule has 0 fully saturated rings. The summed E-state index contributed by atoms with van der Waals surface area (Å²) in [6.07, 6.45) is 0. The maximum atomic E-state index is 5.33. The van der Waals surface area contributed by atoms with Crippen molar-refractivity contribution in [2.75, 3.05) is 24.9 Å². The van der Waals surface area contributed by atoms with Crippen LogP contribution in [-0.2, 0) is 0 Å². The smallest absolute Gasteiger partial charge is 0.175 e. The highest BCUT2D eigenvalue weighted by molar-refractivity contribution is 9.10. The number of thiocarbonyl (C=S) groups is 1. The molecule has 2 aromatic carbocycles. The topological polar surface area (TPSA) is 42.5 Å². The summed E-state index contributed by atoms with van der Waals surface area (Å²) in [5.41, 5.74) is 2.89. The Labute approximate surface area is 144 Å². The van der Waals surface area contributed by atoms with Gasteiger partial charge in [-0.3, -0.25) is 0 Å². The van der Waals surface area contributed by atoms with E-state index in [-0.39, 0.29) is 0 Å². The number of halogens is 1. The molecule has 0 bridgehead atoms. The molecule has 0 aliphatic heterocycles. The molecule has 22 heavy (non-hydrogen) atoms. The Bertz CT molecular complexity index is 692. The molecule has 0 aliphatic rings. The minimum atomic E-state index is 0.508. The average molecular weight is 381 g/mol. The van der Waals surface area contributed by atoms with Gasteiger partial charge >= 0.3 is 0 Å². The van der Waals surface area contributed by atoms with Crippen LogP contribution in [0.2, 0.25) is 0 Å². The summed E-state index contributed by atoms with van der Waals surface area (Å²) in [6, 6.07) is 11.5. The first-order valence-electron chi connectivity index (χ1n) is 6.59. The summed E-state index contributed by atoms with van der Waals surface area (Å²) >= 11 is 8.81. The molecular formula is C16H17BrN2O2S. The van der Waals surface area contributed by atoms with Gasteiger partial charge in [0.05, 0.1) is 14.2 Å². The molecular weight excluding hydrogens is 364 g/mol. The van der Waals surface area contributed by atoms with E-state index in [1.54, 1.807) is 14.2 Å².